The smallest absolute Gasteiger partial charge is 0.255 e. The molecule has 3 aromatic rings. The van der Waals surface area contributed by atoms with E-state index >= 15 is 0 Å². The number of nitrogens with zero attached hydrogens (tertiary/aromatic N) is 2. The number of carbonyl (C=O) groups is 1. The highest BCUT2D eigenvalue weighted by Crippen LogP contribution is 2.19. The Hall–Kier alpha value is -3.34. The lowest BCUT2D eigenvalue weighted by Gasteiger charge is -2.20. The van der Waals surface area contributed by atoms with Crippen LogP contribution in [0.15, 0.2) is 72.9 Å². The predicted molar refractivity (Wildman–Crippen MR) is 113 cm³/mol. The first-order valence-electron chi connectivity index (χ1n) is 9.48. The van der Waals surface area contributed by atoms with Gasteiger partial charge in [-0.3, -0.25) is 4.79 Å². The predicted octanol–water partition coefficient (Wildman–Crippen LogP) is 4.76. The molecule has 0 aliphatic heterocycles. The number of benzene rings is 2. The van der Waals surface area contributed by atoms with Gasteiger partial charge < -0.3 is 15.0 Å². The molecule has 0 saturated heterocycles. The maximum Gasteiger partial charge on any atom is 0.255 e. The van der Waals surface area contributed by atoms with Crippen LogP contribution in [-0.4, -0.2) is 24.0 Å². The third-order valence-electron chi connectivity index (χ3n) is 4.46. The molecule has 5 heteroatoms. The topological polar surface area (TPSA) is 54.5 Å². The van der Waals surface area contributed by atoms with E-state index in [-0.39, 0.29) is 5.91 Å². The van der Waals surface area contributed by atoms with E-state index in [0.29, 0.717) is 12.2 Å². The Kier molecular flexibility index (Phi) is 6.63. The molecule has 2 aromatic carbocycles. The molecule has 1 heterocycles. The Bertz CT molecular complexity index is 891. The summed E-state index contributed by atoms with van der Waals surface area (Å²) >= 11 is 0. The van der Waals surface area contributed by atoms with Crippen LogP contribution in [0.4, 0.5) is 11.5 Å². The minimum Gasteiger partial charge on any atom is -0.489 e. The zero-order chi connectivity index (χ0) is 19.8. The molecule has 0 spiro atoms. The van der Waals surface area contributed by atoms with Crippen molar-refractivity contribution in [2.45, 2.75) is 20.5 Å². The van der Waals surface area contributed by atoms with Gasteiger partial charge in [0, 0.05) is 30.5 Å². The Morgan fingerprint density at radius 1 is 1.00 bits per heavy atom. The summed E-state index contributed by atoms with van der Waals surface area (Å²) in [6.45, 7) is 6.34. The molecule has 3 rings (SSSR count). The average molecular weight is 375 g/mol. The summed E-state index contributed by atoms with van der Waals surface area (Å²) in [6.07, 6.45) is 1.67. The number of pyridine rings is 1. The van der Waals surface area contributed by atoms with Gasteiger partial charge in [-0.1, -0.05) is 30.3 Å². The van der Waals surface area contributed by atoms with Crippen molar-refractivity contribution in [1.82, 2.24) is 4.98 Å². The number of nitrogens with one attached hydrogen (secondary N) is 1. The average Bonchev–Trinajstić information content (AvgIpc) is 2.75. The zero-order valence-electron chi connectivity index (χ0n) is 16.3. The lowest BCUT2D eigenvalue weighted by molar-refractivity contribution is 0.102. The standard InChI is InChI=1S/C23H25N3O2/c1-3-26(4-2)22-16-19(14-15-24-22)23(27)25-20-10-12-21(13-11-20)28-17-18-8-6-5-7-9-18/h5-16H,3-4,17H2,1-2H3,(H,25,27). The van der Waals surface area contributed by atoms with E-state index in [1.807, 2.05) is 60.7 Å². The zero-order valence-corrected chi connectivity index (χ0v) is 16.3. The van der Waals surface area contributed by atoms with E-state index in [4.69, 9.17) is 4.74 Å². The van der Waals surface area contributed by atoms with Crippen molar-refractivity contribution in [3.63, 3.8) is 0 Å². The van der Waals surface area contributed by atoms with Crippen LogP contribution in [0, 0.1) is 0 Å². The van der Waals surface area contributed by atoms with Crippen molar-refractivity contribution >= 4 is 17.4 Å². The van der Waals surface area contributed by atoms with Crippen LogP contribution in [0.3, 0.4) is 0 Å². The SMILES string of the molecule is CCN(CC)c1cc(C(=O)Nc2ccc(OCc3ccccc3)cc2)ccn1. The number of ether oxygens (including phenoxy) is 1. The number of hydrogen-bond donors (Lipinski definition) is 1. The quantitative estimate of drug-likeness (QED) is 0.617. The van der Waals surface area contributed by atoms with Crippen LogP contribution in [0.5, 0.6) is 5.75 Å². The molecular formula is C23H25N3O2. The molecule has 0 saturated carbocycles. The van der Waals surface area contributed by atoms with Gasteiger partial charge in [0.2, 0.25) is 0 Å². The van der Waals surface area contributed by atoms with Gasteiger partial charge in [-0.2, -0.15) is 0 Å². The van der Waals surface area contributed by atoms with Gasteiger partial charge >= 0.3 is 0 Å². The van der Waals surface area contributed by atoms with Crippen LogP contribution in [0.1, 0.15) is 29.8 Å². The first kappa shape index (κ1) is 19.4. The Balaban J connectivity index is 1.60. The number of aromatic nitrogens is 1. The Morgan fingerprint density at radius 2 is 1.71 bits per heavy atom. The third kappa shape index (κ3) is 5.10. The van der Waals surface area contributed by atoms with Crippen LogP contribution in [0.25, 0.3) is 0 Å². The highest BCUT2D eigenvalue weighted by atomic mass is 16.5. The second kappa shape index (κ2) is 9.55. The molecule has 0 fully saturated rings. The minimum atomic E-state index is -0.159. The second-order valence-corrected chi connectivity index (χ2v) is 6.33. The van der Waals surface area contributed by atoms with Crippen molar-refractivity contribution in [2.75, 3.05) is 23.3 Å². The van der Waals surface area contributed by atoms with Gasteiger partial charge in [-0.15, -0.1) is 0 Å². The number of amides is 1. The Morgan fingerprint density at radius 3 is 2.39 bits per heavy atom. The second-order valence-electron chi connectivity index (χ2n) is 6.33. The molecule has 28 heavy (non-hydrogen) atoms. The van der Waals surface area contributed by atoms with Crippen LogP contribution < -0.4 is 15.0 Å². The summed E-state index contributed by atoms with van der Waals surface area (Å²) < 4.78 is 5.78. The van der Waals surface area contributed by atoms with Gasteiger partial charge in [-0.05, 0) is 55.8 Å². The molecule has 1 aromatic heterocycles. The maximum absolute atomic E-state index is 12.6. The minimum absolute atomic E-state index is 0.159. The summed E-state index contributed by atoms with van der Waals surface area (Å²) in [6, 6.07) is 20.9. The summed E-state index contributed by atoms with van der Waals surface area (Å²) in [5.41, 5.74) is 2.42. The van der Waals surface area contributed by atoms with Crippen molar-refractivity contribution in [3.8, 4) is 5.75 Å². The van der Waals surface area contributed by atoms with E-state index in [2.05, 4.69) is 29.0 Å². The number of carbonyl (C=O) groups excluding carboxylic acids is 1. The largest absolute Gasteiger partial charge is 0.489 e. The Labute approximate surface area is 166 Å². The monoisotopic (exact) mass is 375 g/mol. The molecular weight excluding hydrogens is 350 g/mol. The number of anilines is 2. The fourth-order valence-corrected chi connectivity index (χ4v) is 2.86. The lowest BCUT2D eigenvalue weighted by atomic mass is 10.2. The van der Waals surface area contributed by atoms with E-state index in [0.717, 1.165) is 35.9 Å². The molecule has 5 nitrogen and oxygen atoms in total. The normalized spacial score (nSPS) is 10.4. The highest BCUT2D eigenvalue weighted by Gasteiger charge is 2.10. The third-order valence-corrected chi connectivity index (χ3v) is 4.46. The van der Waals surface area contributed by atoms with Crippen LogP contribution in [0.2, 0.25) is 0 Å². The number of rotatable bonds is 8. The molecule has 0 radical (unpaired) electrons. The first-order chi connectivity index (χ1) is 13.7. The van der Waals surface area contributed by atoms with Crippen molar-refractivity contribution in [2.24, 2.45) is 0 Å². The molecule has 0 atom stereocenters. The van der Waals surface area contributed by atoms with Crippen molar-refractivity contribution < 1.29 is 9.53 Å². The van der Waals surface area contributed by atoms with Crippen LogP contribution in [-0.2, 0) is 6.61 Å². The molecule has 1 amide bonds. The molecule has 0 aliphatic rings. The van der Waals surface area contributed by atoms with Gasteiger partial charge in [-0.25, -0.2) is 4.98 Å². The van der Waals surface area contributed by atoms with E-state index in [9.17, 15) is 4.79 Å². The lowest BCUT2D eigenvalue weighted by Crippen LogP contribution is -2.23. The molecule has 1 N–H and O–H groups in total. The van der Waals surface area contributed by atoms with Crippen molar-refractivity contribution in [3.05, 3.63) is 84.1 Å². The summed E-state index contributed by atoms with van der Waals surface area (Å²) in [5, 5.41) is 2.92. The summed E-state index contributed by atoms with van der Waals surface area (Å²) in [7, 11) is 0. The van der Waals surface area contributed by atoms with Crippen LogP contribution >= 0.6 is 0 Å². The fourth-order valence-electron chi connectivity index (χ4n) is 2.86. The van der Waals surface area contributed by atoms with Gasteiger partial charge in [0.15, 0.2) is 0 Å². The van der Waals surface area contributed by atoms with Gasteiger partial charge in [0.1, 0.15) is 18.2 Å². The number of hydrogen-bond acceptors (Lipinski definition) is 4. The van der Waals surface area contributed by atoms with Gasteiger partial charge in [0.05, 0.1) is 0 Å². The van der Waals surface area contributed by atoms with E-state index in [1.54, 1.807) is 12.3 Å². The summed E-state index contributed by atoms with van der Waals surface area (Å²) in [5.74, 6) is 1.41. The van der Waals surface area contributed by atoms with Crippen molar-refractivity contribution in [1.29, 1.82) is 0 Å². The van der Waals surface area contributed by atoms with E-state index in [1.165, 1.54) is 0 Å². The van der Waals surface area contributed by atoms with Gasteiger partial charge in [0.25, 0.3) is 5.91 Å². The molecule has 0 unspecified atom stereocenters. The molecule has 144 valence electrons. The first-order valence-corrected chi connectivity index (χ1v) is 9.48. The molecule has 0 bridgehead atoms. The summed E-state index contributed by atoms with van der Waals surface area (Å²) in [4.78, 5) is 19.0. The maximum atomic E-state index is 12.6. The molecule has 0 aliphatic carbocycles. The van der Waals surface area contributed by atoms with E-state index < -0.39 is 0 Å². The highest BCUT2D eigenvalue weighted by molar-refractivity contribution is 6.04. The fraction of sp³-hybridized carbons (Fsp3) is 0.217.